The third-order valence-electron chi connectivity index (χ3n) is 1.28. The summed E-state index contributed by atoms with van der Waals surface area (Å²) in [5, 5.41) is 0. The molecule has 0 aliphatic carbocycles. The van der Waals surface area contributed by atoms with E-state index in [0.29, 0.717) is 0 Å². The van der Waals surface area contributed by atoms with E-state index in [-0.39, 0.29) is 9.32 Å². The molecular weight excluding hydrogens is 296 g/mol. The molecular formula is C8H4F3IO. The topological polar surface area (TPSA) is 9.23 Å². The second-order valence-electron chi connectivity index (χ2n) is 2.08. The third kappa shape index (κ3) is 1.96. The first-order valence-electron chi connectivity index (χ1n) is 3.18. The van der Waals surface area contributed by atoms with E-state index in [1.807, 2.05) is 0 Å². The zero-order valence-corrected chi connectivity index (χ0v) is 8.44. The van der Waals surface area contributed by atoms with Crippen LogP contribution in [-0.4, -0.2) is 0 Å². The Balaban J connectivity index is 3.31. The average Bonchev–Trinajstić information content (AvgIpc) is 2.11. The lowest BCUT2D eigenvalue weighted by molar-refractivity contribution is 0.418. The van der Waals surface area contributed by atoms with Crippen molar-refractivity contribution in [1.82, 2.24) is 0 Å². The van der Waals surface area contributed by atoms with Crippen LogP contribution in [0.15, 0.2) is 18.9 Å². The molecule has 0 fully saturated rings. The van der Waals surface area contributed by atoms with Crippen molar-refractivity contribution in [3.8, 4) is 5.75 Å². The van der Waals surface area contributed by atoms with E-state index in [4.69, 9.17) is 0 Å². The summed E-state index contributed by atoms with van der Waals surface area (Å²) in [5.41, 5.74) is 0. The molecule has 1 nitrogen and oxygen atoms in total. The Hall–Kier alpha value is -0.720. The maximum absolute atomic E-state index is 12.8. The Morgan fingerprint density at radius 1 is 1.31 bits per heavy atom. The van der Waals surface area contributed by atoms with Crippen LogP contribution in [-0.2, 0) is 0 Å². The van der Waals surface area contributed by atoms with Gasteiger partial charge in [0.25, 0.3) is 0 Å². The summed E-state index contributed by atoms with van der Waals surface area (Å²) in [5.74, 6) is -4.12. The van der Waals surface area contributed by atoms with Crippen molar-refractivity contribution in [2.24, 2.45) is 0 Å². The Kier molecular flexibility index (Phi) is 3.18. The predicted octanol–water partition coefficient (Wildman–Crippen LogP) is 3.23. The van der Waals surface area contributed by atoms with E-state index in [1.165, 1.54) is 22.6 Å². The van der Waals surface area contributed by atoms with Crippen LogP contribution in [0.1, 0.15) is 0 Å². The summed E-state index contributed by atoms with van der Waals surface area (Å²) in [4.78, 5) is 0. The highest BCUT2D eigenvalue weighted by Crippen LogP contribution is 2.27. The minimum absolute atomic E-state index is 0.0907. The average molecular weight is 300 g/mol. The van der Waals surface area contributed by atoms with Gasteiger partial charge in [0.15, 0.2) is 17.5 Å². The fraction of sp³-hybridized carbons (Fsp3) is 0. The molecule has 0 radical (unpaired) electrons. The minimum Gasteiger partial charge on any atom is -0.464 e. The first-order chi connectivity index (χ1) is 6.07. The summed E-state index contributed by atoms with van der Waals surface area (Å²) in [6.45, 7) is 3.21. The summed E-state index contributed by atoms with van der Waals surface area (Å²) in [7, 11) is 0. The maximum Gasteiger partial charge on any atom is 0.195 e. The van der Waals surface area contributed by atoms with Crippen LogP contribution in [0.4, 0.5) is 13.2 Å². The summed E-state index contributed by atoms with van der Waals surface area (Å²) >= 11 is 1.52. The lowest BCUT2D eigenvalue weighted by Crippen LogP contribution is -1.97. The molecule has 0 aliphatic rings. The van der Waals surface area contributed by atoms with Gasteiger partial charge >= 0.3 is 0 Å². The van der Waals surface area contributed by atoms with Crippen LogP contribution in [0.25, 0.3) is 0 Å². The standard InChI is InChI=1S/C8H4F3IO/c1-2-13-5-3-4(9)6(10)7(11)8(5)12/h2-3H,1H2. The Morgan fingerprint density at radius 2 is 1.92 bits per heavy atom. The van der Waals surface area contributed by atoms with Crippen LogP contribution in [0.2, 0.25) is 0 Å². The molecule has 0 saturated carbocycles. The minimum atomic E-state index is -1.50. The second-order valence-corrected chi connectivity index (χ2v) is 3.16. The van der Waals surface area contributed by atoms with Crippen molar-refractivity contribution in [1.29, 1.82) is 0 Å². The molecule has 0 heterocycles. The van der Waals surface area contributed by atoms with Gasteiger partial charge in [0.2, 0.25) is 0 Å². The second kappa shape index (κ2) is 3.99. The van der Waals surface area contributed by atoms with Gasteiger partial charge in [0.1, 0.15) is 5.75 Å². The molecule has 0 saturated heterocycles. The Morgan fingerprint density at radius 3 is 2.46 bits per heavy atom. The highest BCUT2D eigenvalue weighted by Gasteiger charge is 2.17. The van der Waals surface area contributed by atoms with E-state index in [9.17, 15) is 13.2 Å². The lowest BCUT2D eigenvalue weighted by Gasteiger charge is -2.04. The van der Waals surface area contributed by atoms with E-state index < -0.39 is 17.5 Å². The van der Waals surface area contributed by atoms with Gasteiger partial charge in [-0.3, -0.25) is 0 Å². The van der Waals surface area contributed by atoms with Crippen molar-refractivity contribution in [2.75, 3.05) is 0 Å². The lowest BCUT2D eigenvalue weighted by atomic mass is 10.3. The number of halogens is 4. The number of rotatable bonds is 2. The van der Waals surface area contributed by atoms with Gasteiger partial charge < -0.3 is 4.74 Å². The zero-order chi connectivity index (χ0) is 10.0. The van der Waals surface area contributed by atoms with Gasteiger partial charge in [0.05, 0.1) is 9.83 Å². The summed E-state index contributed by atoms with van der Waals surface area (Å²) in [6, 6.07) is 0.766. The Bertz CT molecular complexity index is 352. The largest absolute Gasteiger partial charge is 0.464 e. The monoisotopic (exact) mass is 300 g/mol. The summed E-state index contributed by atoms with van der Waals surface area (Å²) < 4.78 is 42.6. The molecule has 1 rings (SSSR count). The highest BCUT2D eigenvalue weighted by atomic mass is 127. The van der Waals surface area contributed by atoms with Crippen LogP contribution < -0.4 is 4.74 Å². The molecule has 1 aromatic rings. The SMILES string of the molecule is C=COc1cc(F)c(F)c(F)c1I. The number of hydrogen-bond donors (Lipinski definition) is 0. The molecule has 0 spiro atoms. The van der Waals surface area contributed by atoms with Crippen molar-refractivity contribution < 1.29 is 17.9 Å². The van der Waals surface area contributed by atoms with Crippen LogP contribution in [0, 0.1) is 21.0 Å². The zero-order valence-electron chi connectivity index (χ0n) is 6.28. The van der Waals surface area contributed by atoms with E-state index in [0.717, 1.165) is 12.3 Å². The van der Waals surface area contributed by atoms with Gasteiger partial charge in [-0.15, -0.1) is 0 Å². The van der Waals surface area contributed by atoms with Gasteiger partial charge in [0, 0.05) is 6.07 Å². The molecule has 0 unspecified atom stereocenters. The first kappa shape index (κ1) is 10.4. The quantitative estimate of drug-likeness (QED) is 0.353. The van der Waals surface area contributed by atoms with Crippen molar-refractivity contribution in [2.45, 2.75) is 0 Å². The molecule has 5 heteroatoms. The fourth-order valence-corrected chi connectivity index (χ4v) is 1.25. The molecule has 0 N–H and O–H groups in total. The van der Waals surface area contributed by atoms with Crippen LogP contribution >= 0.6 is 22.6 Å². The number of ether oxygens (including phenoxy) is 1. The van der Waals surface area contributed by atoms with Crippen molar-refractivity contribution in [3.05, 3.63) is 39.9 Å². The molecule has 0 amide bonds. The van der Waals surface area contributed by atoms with Crippen molar-refractivity contribution >= 4 is 22.6 Å². The summed E-state index contributed by atoms with van der Waals surface area (Å²) in [6.07, 6.45) is 1.01. The fourth-order valence-electron chi connectivity index (χ4n) is 0.727. The number of benzene rings is 1. The van der Waals surface area contributed by atoms with Gasteiger partial charge in [-0.05, 0) is 22.6 Å². The van der Waals surface area contributed by atoms with Gasteiger partial charge in [-0.1, -0.05) is 6.58 Å². The number of hydrogen-bond acceptors (Lipinski definition) is 1. The first-order valence-corrected chi connectivity index (χ1v) is 4.26. The maximum atomic E-state index is 12.8. The molecule has 70 valence electrons. The highest BCUT2D eigenvalue weighted by molar-refractivity contribution is 14.1. The van der Waals surface area contributed by atoms with Crippen LogP contribution in [0.3, 0.4) is 0 Å². The van der Waals surface area contributed by atoms with Gasteiger partial charge in [-0.2, -0.15) is 0 Å². The van der Waals surface area contributed by atoms with E-state index >= 15 is 0 Å². The molecule has 0 bridgehead atoms. The van der Waals surface area contributed by atoms with E-state index in [2.05, 4.69) is 11.3 Å². The third-order valence-corrected chi connectivity index (χ3v) is 2.28. The van der Waals surface area contributed by atoms with E-state index in [1.54, 1.807) is 0 Å². The Labute approximate surface area is 86.3 Å². The molecule has 0 atom stereocenters. The van der Waals surface area contributed by atoms with Crippen molar-refractivity contribution in [3.63, 3.8) is 0 Å². The predicted molar refractivity (Wildman–Crippen MR) is 49.9 cm³/mol. The smallest absolute Gasteiger partial charge is 0.195 e. The normalized spacial score (nSPS) is 9.85. The molecule has 13 heavy (non-hydrogen) atoms. The van der Waals surface area contributed by atoms with Gasteiger partial charge in [-0.25, -0.2) is 13.2 Å². The molecule has 1 aromatic carbocycles. The van der Waals surface area contributed by atoms with Crippen LogP contribution in [0.5, 0.6) is 5.75 Å². The molecule has 0 aliphatic heterocycles. The molecule has 0 aromatic heterocycles.